The average molecular weight is 228 g/mol. The highest BCUT2D eigenvalue weighted by molar-refractivity contribution is 5.71. The van der Waals surface area contributed by atoms with Crippen molar-refractivity contribution < 1.29 is 0 Å². The summed E-state index contributed by atoms with van der Waals surface area (Å²) in [7, 11) is 4.07. The van der Waals surface area contributed by atoms with Crippen LogP contribution in [-0.2, 0) is 0 Å². The molecule has 0 N–H and O–H groups in total. The highest BCUT2D eigenvalue weighted by atomic mass is 15.0. The van der Waals surface area contributed by atoms with E-state index in [9.17, 15) is 0 Å². The fourth-order valence-corrected chi connectivity index (χ4v) is 1.53. The quantitative estimate of drug-likeness (QED) is 0.720. The summed E-state index contributed by atoms with van der Waals surface area (Å²) in [4.78, 5) is 6.43. The minimum Gasteiger partial charge on any atom is -0.305 e. The number of rotatable bonds is 5. The van der Waals surface area contributed by atoms with E-state index in [0.717, 1.165) is 23.4 Å². The number of pyridine rings is 1. The lowest BCUT2D eigenvalue weighted by atomic mass is 10.1. The van der Waals surface area contributed by atoms with Crippen LogP contribution in [-0.4, -0.2) is 30.5 Å². The number of nitrogens with zero attached hydrogens (tertiary/aromatic N) is 2. The Bertz CT molecular complexity index is 414. The normalized spacial score (nSPS) is 12.4. The summed E-state index contributed by atoms with van der Waals surface area (Å²) in [6.07, 6.45) is 7.97. The van der Waals surface area contributed by atoms with Crippen LogP contribution in [0, 0.1) is 0 Å². The Morgan fingerprint density at radius 1 is 1.35 bits per heavy atom. The molecule has 0 radical (unpaired) electrons. The molecular weight excluding hydrogens is 208 g/mol. The van der Waals surface area contributed by atoms with Gasteiger partial charge in [0.15, 0.2) is 0 Å². The van der Waals surface area contributed by atoms with Gasteiger partial charge in [-0.25, -0.2) is 0 Å². The van der Waals surface area contributed by atoms with Crippen LogP contribution < -0.4 is 0 Å². The molecule has 0 aliphatic heterocycles. The van der Waals surface area contributed by atoms with Gasteiger partial charge in [0.2, 0.25) is 0 Å². The van der Waals surface area contributed by atoms with E-state index in [0.29, 0.717) is 0 Å². The smallest absolute Gasteiger partial charge is 0.0698 e. The molecule has 0 unspecified atom stereocenters. The summed E-state index contributed by atoms with van der Waals surface area (Å²) in [6.45, 7) is 6.91. The van der Waals surface area contributed by atoms with Gasteiger partial charge < -0.3 is 4.90 Å². The number of hydrogen-bond acceptors (Lipinski definition) is 2. The highest BCUT2D eigenvalue weighted by Gasteiger charge is 1.97. The van der Waals surface area contributed by atoms with Gasteiger partial charge in [-0.3, -0.25) is 4.98 Å². The molecule has 0 aliphatic rings. The number of hydrogen-bond donors (Lipinski definition) is 0. The third-order valence-corrected chi connectivity index (χ3v) is 2.29. The van der Waals surface area contributed by atoms with Crippen molar-refractivity contribution in [3.8, 4) is 0 Å². The number of allylic oxidation sites excluding steroid dienone is 3. The van der Waals surface area contributed by atoms with Crippen molar-refractivity contribution in [3.05, 3.63) is 60.5 Å². The molecule has 90 valence electrons. The van der Waals surface area contributed by atoms with Crippen LogP contribution in [0.5, 0.6) is 0 Å². The topological polar surface area (TPSA) is 16.1 Å². The molecule has 0 saturated carbocycles. The molecule has 0 aromatic carbocycles. The molecule has 2 nitrogen and oxygen atoms in total. The van der Waals surface area contributed by atoms with Crippen molar-refractivity contribution in [2.75, 3.05) is 20.6 Å². The van der Waals surface area contributed by atoms with Crippen LogP contribution in [0.3, 0.4) is 0 Å². The Hall–Kier alpha value is -1.67. The van der Waals surface area contributed by atoms with E-state index in [1.807, 2.05) is 45.3 Å². The monoisotopic (exact) mass is 228 g/mol. The van der Waals surface area contributed by atoms with Crippen LogP contribution >= 0.6 is 0 Å². The van der Waals surface area contributed by atoms with Crippen molar-refractivity contribution >= 4 is 5.57 Å². The summed E-state index contributed by atoms with van der Waals surface area (Å²) in [5.41, 5.74) is 3.19. The minimum atomic E-state index is 0.871. The second kappa shape index (κ2) is 6.81. The van der Waals surface area contributed by atoms with Gasteiger partial charge in [0.25, 0.3) is 0 Å². The molecule has 0 atom stereocenters. The van der Waals surface area contributed by atoms with Crippen LogP contribution in [0.2, 0.25) is 0 Å². The molecule has 2 heteroatoms. The van der Waals surface area contributed by atoms with Crippen molar-refractivity contribution in [2.45, 2.75) is 6.92 Å². The van der Waals surface area contributed by atoms with E-state index in [1.54, 1.807) is 6.20 Å². The molecule has 0 fully saturated rings. The fourth-order valence-electron chi connectivity index (χ4n) is 1.53. The van der Waals surface area contributed by atoms with Crippen molar-refractivity contribution in [3.63, 3.8) is 0 Å². The molecule has 0 saturated heterocycles. The second-order valence-corrected chi connectivity index (χ2v) is 4.19. The summed E-state index contributed by atoms with van der Waals surface area (Å²) < 4.78 is 0. The molecule has 1 aromatic heterocycles. The van der Waals surface area contributed by atoms with Crippen molar-refractivity contribution in [1.29, 1.82) is 0 Å². The van der Waals surface area contributed by atoms with E-state index in [-0.39, 0.29) is 0 Å². The third kappa shape index (κ3) is 4.79. The fraction of sp³-hybridized carbons (Fsp3) is 0.267. The summed E-state index contributed by atoms with van der Waals surface area (Å²) in [5.74, 6) is 0. The van der Waals surface area contributed by atoms with E-state index < -0.39 is 0 Å². The van der Waals surface area contributed by atoms with Gasteiger partial charge in [0.1, 0.15) is 0 Å². The SMILES string of the molecule is C=C(/C=C\C(=C/C)c1ccccn1)CN(C)C. The third-order valence-electron chi connectivity index (χ3n) is 2.29. The van der Waals surface area contributed by atoms with Crippen molar-refractivity contribution in [2.24, 2.45) is 0 Å². The first-order chi connectivity index (χ1) is 8.13. The Labute approximate surface area is 104 Å². The van der Waals surface area contributed by atoms with Gasteiger partial charge in [0.05, 0.1) is 5.69 Å². The Morgan fingerprint density at radius 2 is 2.12 bits per heavy atom. The van der Waals surface area contributed by atoms with Crippen LogP contribution in [0.15, 0.2) is 54.8 Å². The molecular formula is C15H20N2. The maximum Gasteiger partial charge on any atom is 0.0698 e. The largest absolute Gasteiger partial charge is 0.305 e. The van der Waals surface area contributed by atoms with E-state index in [4.69, 9.17) is 0 Å². The van der Waals surface area contributed by atoms with Gasteiger partial charge in [-0.15, -0.1) is 0 Å². The minimum absolute atomic E-state index is 0.871. The molecule has 1 rings (SSSR count). The van der Waals surface area contributed by atoms with E-state index in [2.05, 4.69) is 28.6 Å². The maximum atomic E-state index is 4.33. The first kappa shape index (κ1) is 13.4. The van der Waals surface area contributed by atoms with Gasteiger partial charge in [-0.1, -0.05) is 30.9 Å². The lowest BCUT2D eigenvalue weighted by molar-refractivity contribution is 0.449. The zero-order valence-electron chi connectivity index (χ0n) is 10.9. The first-order valence-corrected chi connectivity index (χ1v) is 5.71. The van der Waals surface area contributed by atoms with E-state index >= 15 is 0 Å². The Kier molecular flexibility index (Phi) is 5.37. The number of aromatic nitrogens is 1. The van der Waals surface area contributed by atoms with Crippen LogP contribution in [0.4, 0.5) is 0 Å². The summed E-state index contributed by atoms with van der Waals surface area (Å²) in [5, 5.41) is 0. The van der Waals surface area contributed by atoms with Gasteiger partial charge in [-0.05, 0) is 44.3 Å². The zero-order chi connectivity index (χ0) is 12.7. The van der Waals surface area contributed by atoms with Gasteiger partial charge in [0, 0.05) is 12.7 Å². The standard InChI is InChI=1S/C15H20N2/c1-5-14(15-8-6-7-11-16-15)10-9-13(2)12-17(3)4/h5-11H,2,12H2,1,3-4H3/b10-9-,14-5+. The molecule has 0 aliphatic carbocycles. The molecule has 17 heavy (non-hydrogen) atoms. The molecule has 0 spiro atoms. The lowest BCUT2D eigenvalue weighted by Gasteiger charge is -2.08. The number of likely N-dealkylation sites (N-methyl/N-ethyl adjacent to an activating group) is 1. The van der Waals surface area contributed by atoms with E-state index in [1.165, 1.54) is 0 Å². The Morgan fingerprint density at radius 3 is 2.65 bits per heavy atom. The predicted molar refractivity (Wildman–Crippen MR) is 74.7 cm³/mol. The second-order valence-electron chi connectivity index (χ2n) is 4.19. The van der Waals surface area contributed by atoms with Gasteiger partial charge in [-0.2, -0.15) is 0 Å². The zero-order valence-corrected chi connectivity index (χ0v) is 10.9. The predicted octanol–water partition coefficient (Wildman–Crippen LogP) is 3.16. The summed E-state index contributed by atoms with van der Waals surface area (Å²) in [6, 6.07) is 5.92. The molecule has 0 amide bonds. The van der Waals surface area contributed by atoms with Gasteiger partial charge >= 0.3 is 0 Å². The lowest BCUT2D eigenvalue weighted by Crippen LogP contribution is -2.13. The average Bonchev–Trinajstić information content (AvgIpc) is 2.30. The maximum absolute atomic E-state index is 4.33. The summed E-state index contributed by atoms with van der Waals surface area (Å²) >= 11 is 0. The molecule has 1 aromatic rings. The van der Waals surface area contributed by atoms with Crippen LogP contribution in [0.25, 0.3) is 5.57 Å². The van der Waals surface area contributed by atoms with Crippen LogP contribution in [0.1, 0.15) is 12.6 Å². The first-order valence-electron chi connectivity index (χ1n) is 5.71. The Balaban J connectivity index is 2.72. The van der Waals surface area contributed by atoms with Crippen molar-refractivity contribution in [1.82, 2.24) is 9.88 Å². The highest BCUT2D eigenvalue weighted by Crippen LogP contribution is 2.13. The molecule has 0 bridgehead atoms. The molecule has 1 heterocycles.